The van der Waals surface area contributed by atoms with Crippen molar-refractivity contribution in [1.29, 1.82) is 0 Å². The number of carbonyl (C=O) groups is 2. The van der Waals surface area contributed by atoms with E-state index in [1.165, 1.54) is 0 Å². The number of aliphatic imine (C=N–C) groups is 1. The van der Waals surface area contributed by atoms with E-state index < -0.39 is 23.8 Å². The van der Waals surface area contributed by atoms with Crippen molar-refractivity contribution in [2.24, 2.45) is 10.9 Å². The largest absolute Gasteiger partial charge is 0.477 e. The Hall–Kier alpha value is -1.89. The Labute approximate surface area is 157 Å². The lowest BCUT2D eigenvalue weighted by atomic mass is 9.95. The molecule has 0 fully saturated rings. The van der Waals surface area contributed by atoms with E-state index in [9.17, 15) is 9.59 Å². The van der Waals surface area contributed by atoms with Gasteiger partial charge in [0.1, 0.15) is 11.3 Å². The van der Waals surface area contributed by atoms with Gasteiger partial charge in [-0.1, -0.05) is 20.4 Å². The number of ether oxygens (including phenoxy) is 2. The minimum absolute atomic E-state index is 0.144. The van der Waals surface area contributed by atoms with Gasteiger partial charge in [0.05, 0.1) is 6.10 Å². The molecule has 2 atom stereocenters. The lowest BCUT2D eigenvalue weighted by molar-refractivity contribution is -0.132. The van der Waals surface area contributed by atoms with Gasteiger partial charge in [0, 0.05) is 25.4 Å². The Morgan fingerprint density at radius 1 is 1.27 bits per heavy atom. The van der Waals surface area contributed by atoms with Crippen LogP contribution in [-0.4, -0.2) is 59.2 Å². The lowest BCUT2D eigenvalue weighted by Crippen LogP contribution is -2.46. The highest BCUT2D eigenvalue weighted by atomic mass is 16.6. The van der Waals surface area contributed by atoms with Crippen LogP contribution in [0.2, 0.25) is 0 Å². The first kappa shape index (κ1) is 24.1. The van der Waals surface area contributed by atoms with Crippen molar-refractivity contribution in [2.45, 2.75) is 72.6 Å². The number of hydrogen-bond donors (Lipinski definition) is 1. The predicted molar refractivity (Wildman–Crippen MR) is 103 cm³/mol. The molecular weight excluding hydrogens is 336 g/mol. The maximum absolute atomic E-state index is 12.4. The molecule has 0 spiro atoms. The van der Waals surface area contributed by atoms with E-state index in [1.807, 2.05) is 41.5 Å². The fourth-order valence-electron chi connectivity index (χ4n) is 2.46. The third kappa shape index (κ3) is 8.47. The van der Waals surface area contributed by atoms with E-state index >= 15 is 0 Å². The fraction of sp³-hybridized carbons (Fsp3) is 0.737. The van der Waals surface area contributed by atoms with Crippen LogP contribution in [0.25, 0.3) is 0 Å². The summed E-state index contributed by atoms with van der Waals surface area (Å²) in [6.45, 7) is 16.9. The number of aliphatic carboxylic acids is 1. The second-order valence-electron chi connectivity index (χ2n) is 7.59. The highest BCUT2D eigenvalue weighted by Crippen LogP contribution is 2.21. The number of nitrogens with zero attached hydrogens (tertiary/aromatic N) is 2. The van der Waals surface area contributed by atoms with Gasteiger partial charge in [0.2, 0.25) is 0 Å². The Morgan fingerprint density at radius 2 is 1.81 bits per heavy atom. The number of rotatable bonds is 9. The highest BCUT2D eigenvalue weighted by molar-refractivity contribution is 5.93. The minimum Gasteiger partial charge on any atom is -0.477 e. The summed E-state index contributed by atoms with van der Waals surface area (Å²) in [6, 6.07) is -0.162. The second kappa shape index (κ2) is 10.3. The molecule has 0 aliphatic carbocycles. The maximum Gasteiger partial charge on any atom is 0.410 e. The van der Waals surface area contributed by atoms with Crippen LogP contribution in [0, 0.1) is 5.92 Å². The number of carboxylic acids is 1. The van der Waals surface area contributed by atoms with E-state index in [-0.39, 0.29) is 17.7 Å². The molecule has 0 saturated heterocycles. The molecule has 1 N–H and O–H groups in total. The Kier molecular flexibility index (Phi) is 9.56. The van der Waals surface area contributed by atoms with Gasteiger partial charge in [-0.05, 0) is 47.0 Å². The molecule has 0 heterocycles. The van der Waals surface area contributed by atoms with Crippen molar-refractivity contribution >= 4 is 17.8 Å². The Balaban J connectivity index is 5.42. The molecule has 0 radical (unpaired) electrons. The van der Waals surface area contributed by atoms with Gasteiger partial charge in [0.25, 0.3) is 0 Å². The number of amides is 1. The fourth-order valence-corrected chi connectivity index (χ4v) is 2.46. The third-order valence-electron chi connectivity index (χ3n) is 3.80. The lowest BCUT2D eigenvalue weighted by Gasteiger charge is -2.35. The molecule has 0 aromatic carbocycles. The van der Waals surface area contributed by atoms with E-state index in [1.54, 1.807) is 18.9 Å². The molecule has 0 aromatic heterocycles. The molecule has 0 saturated carbocycles. The summed E-state index contributed by atoms with van der Waals surface area (Å²) in [6.07, 6.45) is -0.354. The third-order valence-corrected chi connectivity index (χ3v) is 3.80. The quantitative estimate of drug-likeness (QED) is 0.493. The Morgan fingerprint density at radius 3 is 2.19 bits per heavy atom. The summed E-state index contributed by atoms with van der Waals surface area (Å²) in [5, 5.41) is 8.96. The molecule has 0 bridgehead atoms. The zero-order valence-corrected chi connectivity index (χ0v) is 17.3. The van der Waals surface area contributed by atoms with E-state index in [4.69, 9.17) is 14.6 Å². The van der Waals surface area contributed by atoms with Crippen molar-refractivity contribution in [3.8, 4) is 0 Å². The van der Waals surface area contributed by atoms with Crippen LogP contribution in [0.4, 0.5) is 4.79 Å². The second-order valence-corrected chi connectivity index (χ2v) is 7.59. The van der Waals surface area contributed by atoms with Crippen molar-refractivity contribution < 1.29 is 24.2 Å². The molecule has 7 heteroatoms. The molecule has 7 nitrogen and oxygen atoms in total. The minimum atomic E-state index is -1.18. The first-order valence-corrected chi connectivity index (χ1v) is 8.84. The normalized spacial score (nSPS) is 14.7. The zero-order chi connectivity index (χ0) is 20.7. The molecular formula is C19H34N2O5. The van der Waals surface area contributed by atoms with Gasteiger partial charge in [-0.2, -0.15) is 0 Å². The van der Waals surface area contributed by atoms with E-state index in [0.29, 0.717) is 18.7 Å². The molecule has 0 aromatic rings. The van der Waals surface area contributed by atoms with Gasteiger partial charge in [0.15, 0.2) is 0 Å². The SMILES string of the molecule is C=C(N=C(C)[C@H](C[C@H](C(C)C)N(C)C(=O)OC(C)(C)C)OCC)C(=O)O. The van der Waals surface area contributed by atoms with Crippen molar-refractivity contribution in [2.75, 3.05) is 13.7 Å². The zero-order valence-electron chi connectivity index (χ0n) is 17.3. The molecule has 1 amide bonds. The van der Waals surface area contributed by atoms with Crippen LogP contribution in [0.5, 0.6) is 0 Å². The predicted octanol–water partition coefficient (Wildman–Crippen LogP) is 3.73. The molecule has 150 valence electrons. The first-order valence-electron chi connectivity index (χ1n) is 8.84. The average molecular weight is 370 g/mol. The average Bonchev–Trinajstić information content (AvgIpc) is 2.48. The summed E-state index contributed by atoms with van der Waals surface area (Å²) in [4.78, 5) is 29.0. The molecule has 26 heavy (non-hydrogen) atoms. The van der Waals surface area contributed by atoms with Crippen LogP contribution in [0.3, 0.4) is 0 Å². The molecule has 0 rings (SSSR count). The van der Waals surface area contributed by atoms with E-state index in [2.05, 4.69) is 11.6 Å². The molecule has 0 aliphatic rings. The molecule has 0 aliphatic heterocycles. The smallest absolute Gasteiger partial charge is 0.410 e. The molecule has 0 unspecified atom stereocenters. The summed E-state index contributed by atoms with van der Waals surface area (Å²) < 4.78 is 11.2. The van der Waals surface area contributed by atoms with Gasteiger partial charge < -0.3 is 19.5 Å². The van der Waals surface area contributed by atoms with Crippen LogP contribution in [0.1, 0.15) is 54.9 Å². The summed E-state index contributed by atoms with van der Waals surface area (Å²) in [5.74, 6) is -1.03. The number of carboxylic acid groups (broad SMARTS) is 1. The standard InChI is InChI=1S/C19H34N2O5/c1-10-25-16(13(4)20-14(5)17(22)23)11-15(12(2)3)21(9)18(24)26-19(6,7)8/h12,15-16H,5,10-11H2,1-4,6-9H3,(H,22,23)/t15-,16+/m1/s1. The number of carbonyl (C=O) groups excluding carboxylic acids is 1. The maximum atomic E-state index is 12.4. The summed E-state index contributed by atoms with van der Waals surface area (Å²) in [7, 11) is 1.70. The van der Waals surface area contributed by atoms with Gasteiger partial charge in [-0.25, -0.2) is 14.6 Å². The van der Waals surface area contributed by atoms with Gasteiger partial charge in [-0.15, -0.1) is 0 Å². The van der Waals surface area contributed by atoms with E-state index in [0.717, 1.165) is 0 Å². The Bertz CT molecular complexity index is 535. The monoisotopic (exact) mass is 370 g/mol. The van der Waals surface area contributed by atoms with Crippen molar-refractivity contribution in [1.82, 2.24) is 4.90 Å². The number of hydrogen-bond acceptors (Lipinski definition) is 5. The highest BCUT2D eigenvalue weighted by Gasteiger charge is 2.30. The first-order chi connectivity index (χ1) is 11.8. The van der Waals surface area contributed by atoms with Gasteiger partial charge >= 0.3 is 12.1 Å². The van der Waals surface area contributed by atoms with Crippen molar-refractivity contribution in [3.05, 3.63) is 12.3 Å². The van der Waals surface area contributed by atoms with Crippen LogP contribution in [-0.2, 0) is 14.3 Å². The topological polar surface area (TPSA) is 88.4 Å². The summed E-state index contributed by atoms with van der Waals surface area (Å²) >= 11 is 0. The van der Waals surface area contributed by atoms with Gasteiger partial charge in [-0.3, -0.25) is 0 Å². The van der Waals surface area contributed by atoms with Crippen LogP contribution in [0.15, 0.2) is 17.3 Å². The van der Waals surface area contributed by atoms with Crippen molar-refractivity contribution in [3.63, 3.8) is 0 Å². The van der Waals surface area contributed by atoms with Crippen LogP contribution < -0.4 is 0 Å². The van der Waals surface area contributed by atoms with Crippen LogP contribution >= 0.6 is 0 Å². The summed E-state index contributed by atoms with van der Waals surface area (Å²) in [5.41, 5.74) is -0.306.